The molecule has 122 valence electrons. The Kier molecular flexibility index (Phi) is 5.80. The van der Waals surface area contributed by atoms with Crippen LogP contribution in [-0.4, -0.2) is 24.0 Å². The molecule has 0 unspecified atom stereocenters. The van der Waals surface area contributed by atoms with Crippen molar-refractivity contribution in [1.82, 2.24) is 4.90 Å². The molecule has 0 aromatic heterocycles. The predicted octanol–water partition coefficient (Wildman–Crippen LogP) is 4.12. The number of carbonyl (C=O) groups is 1. The van der Waals surface area contributed by atoms with E-state index in [9.17, 15) is 4.79 Å². The van der Waals surface area contributed by atoms with E-state index in [4.69, 9.17) is 4.74 Å². The van der Waals surface area contributed by atoms with E-state index in [1.165, 1.54) is 5.56 Å². The number of ether oxygens (including phenoxy) is 1. The third-order valence-electron chi connectivity index (χ3n) is 3.88. The van der Waals surface area contributed by atoms with Crippen LogP contribution in [0.3, 0.4) is 0 Å². The molecule has 0 N–H and O–H groups in total. The fraction of sp³-hybridized carbons (Fsp3) is 0.350. The summed E-state index contributed by atoms with van der Waals surface area (Å²) in [5.74, 6) is 0.792. The zero-order chi connectivity index (χ0) is 16.8. The molecule has 2 aromatic carbocycles. The molecule has 2 aromatic rings. The second-order valence-electron chi connectivity index (χ2n) is 5.96. The SMILES string of the molecule is CC[C@@H](Oc1ccc(C)cc1C)C(=O)N(C)Cc1ccccc1. The van der Waals surface area contributed by atoms with Crippen molar-refractivity contribution >= 4 is 5.91 Å². The molecule has 0 radical (unpaired) electrons. The Balaban J connectivity index is 2.05. The maximum absolute atomic E-state index is 12.7. The van der Waals surface area contributed by atoms with Crippen LogP contribution in [0.5, 0.6) is 5.75 Å². The van der Waals surface area contributed by atoms with Gasteiger partial charge in [-0.2, -0.15) is 0 Å². The molecule has 0 aliphatic heterocycles. The highest BCUT2D eigenvalue weighted by Gasteiger charge is 2.22. The monoisotopic (exact) mass is 311 g/mol. The first kappa shape index (κ1) is 17.1. The van der Waals surface area contributed by atoms with Gasteiger partial charge in [-0.05, 0) is 37.5 Å². The zero-order valence-electron chi connectivity index (χ0n) is 14.4. The van der Waals surface area contributed by atoms with Gasteiger partial charge in [-0.15, -0.1) is 0 Å². The minimum atomic E-state index is -0.454. The van der Waals surface area contributed by atoms with Gasteiger partial charge in [0.1, 0.15) is 5.75 Å². The van der Waals surface area contributed by atoms with Crippen molar-refractivity contribution < 1.29 is 9.53 Å². The van der Waals surface area contributed by atoms with Gasteiger partial charge in [0.15, 0.2) is 6.10 Å². The third kappa shape index (κ3) is 4.59. The Bertz CT molecular complexity index is 652. The number of hydrogen-bond donors (Lipinski definition) is 0. The molecule has 0 heterocycles. The molecule has 0 saturated heterocycles. The van der Waals surface area contributed by atoms with Crippen LogP contribution in [0.15, 0.2) is 48.5 Å². The molecule has 1 amide bonds. The number of aryl methyl sites for hydroxylation is 2. The van der Waals surface area contributed by atoms with Crippen molar-refractivity contribution in [3.63, 3.8) is 0 Å². The van der Waals surface area contributed by atoms with Crippen LogP contribution in [0.2, 0.25) is 0 Å². The van der Waals surface area contributed by atoms with Crippen molar-refractivity contribution in [2.24, 2.45) is 0 Å². The smallest absolute Gasteiger partial charge is 0.263 e. The van der Waals surface area contributed by atoms with Crippen LogP contribution in [0.1, 0.15) is 30.0 Å². The van der Waals surface area contributed by atoms with Crippen LogP contribution in [0.25, 0.3) is 0 Å². The van der Waals surface area contributed by atoms with Crippen LogP contribution >= 0.6 is 0 Å². The van der Waals surface area contributed by atoms with Gasteiger partial charge in [-0.1, -0.05) is 55.0 Å². The number of rotatable bonds is 6. The lowest BCUT2D eigenvalue weighted by Crippen LogP contribution is -2.39. The average molecular weight is 311 g/mol. The molecule has 23 heavy (non-hydrogen) atoms. The minimum Gasteiger partial charge on any atom is -0.480 e. The minimum absolute atomic E-state index is 0.0105. The van der Waals surface area contributed by atoms with Gasteiger partial charge in [0.25, 0.3) is 5.91 Å². The van der Waals surface area contributed by atoms with Gasteiger partial charge < -0.3 is 9.64 Å². The quantitative estimate of drug-likeness (QED) is 0.803. The number of nitrogens with zero attached hydrogens (tertiary/aromatic N) is 1. The third-order valence-corrected chi connectivity index (χ3v) is 3.88. The summed E-state index contributed by atoms with van der Waals surface area (Å²) in [6.45, 7) is 6.62. The largest absolute Gasteiger partial charge is 0.480 e. The normalized spacial score (nSPS) is 11.8. The molecule has 1 atom stereocenters. The molecular formula is C20H25NO2. The number of benzene rings is 2. The van der Waals surface area contributed by atoms with Crippen molar-refractivity contribution in [3.8, 4) is 5.75 Å². The van der Waals surface area contributed by atoms with Crippen LogP contribution in [0, 0.1) is 13.8 Å². The summed E-state index contributed by atoms with van der Waals surface area (Å²) in [5.41, 5.74) is 3.36. The number of carbonyl (C=O) groups excluding carboxylic acids is 1. The number of likely N-dealkylation sites (N-methyl/N-ethyl adjacent to an activating group) is 1. The fourth-order valence-electron chi connectivity index (χ4n) is 2.57. The standard InChI is InChI=1S/C20H25NO2/c1-5-18(23-19-12-11-15(2)13-16(19)3)20(22)21(4)14-17-9-7-6-8-10-17/h6-13,18H,5,14H2,1-4H3/t18-/m1/s1. The van der Waals surface area contributed by atoms with Gasteiger partial charge >= 0.3 is 0 Å². The van der Waals surface area contributed by atoms with Crippen molar-refractivity contribution in [2.45, 2.75) is 39.8 Å². The molecule has 3 nitrogen and oxygen atoms in total. The fourth-order valence-corrected chi connectivity index (χ4v) is 2.57. The summed E-state index contributed by atoms with van der Waals surface area (Å²) in [7, 11) is 1.82. The summed E-state index contributed by atoms with van der Waals surface area (Å²) >= 11 is 0. The van der Waals surface area contributed by atoms with E-state index < -0.39 is 6.10 Å². The summed E-state index contributed by atoms with van der Waals surface area (Å²) in [6, 6.07) is 16.0. The first-order chi connectivity index (χ1) is 11.0. The summed E-state index contributed by atoms with van der Waals surface area (Å²) < 4.78 is 5.98. The second kappa shape index (κ2) is 7.82. The van der Waals surface area contributed by atoms with Gasteiger partial charge in [-0.25, -0.2) is 0 Å². The van der Waals surface area contributed by atoms with Gasteiger partial charge in [0.05, 0.1) is 0 Å². The number of hydrogen-bond acceptors (Lipinski definition) is 2. The lowest BCUT2D eigenvalue weighted by molar-refractivity contribution is -0.138. The highest BCUT2D eigenvalue weighted by atomic mass is 16.5. The van der Waals surface area contributed by atoms with E-state index in [0.717, 1.165) is 16.9 Å². The van der Waals surface area contributed by atoms with Crippen molar-refractivity contribution in [2.75, 3.05) is 7.05 Å². The Morgan fingerprint density at radius 1 is 1.13 bits per heavy atom. The van der Waals surface area contributed by atoms with Crippen LogP contribution < -0.4 is 4.74 Å². The Hall–Kier alpha value is -2.29. The lowest BCUT2D eigenvalue weighted by Gasteiger charge is -2.24. The van der Waals surface area contributed by atoms with Crippen LogP contribution in [0.4, 0.5) is 0 Å². The molecule has 2 rings (SSSR count). The zero-order valence-corrected chi connectivity index (χ0v) is 14.4. The van der Waals surface area contributed by atoms with Crippen molar-refractivity contribution in [1.29, 1.82) is 0 Å². The average Bonchev–Trinajstić information content (AvgIpc) is 2.54. The maximum atomic E-state index is 12.7. The molecule has 0 aliphatic carbocycles. The van der Waals surface area contributed by atoms with Gasteiger partial charge in [-0.3, -0.25) is 4.79 Å². The first-order valence-electron chi connectivity index (χ1n) is 8.04. The predicted molar refractivity (Wildman–Crippen MR) is 93.5 cm³/mol. The molecule has 3 heteroatoms. The summed E-state index contributed by atoms with van der Waals surface area (Å²) in [4.78, 5) is 14.4. The molecule has 0 fully saturated rings. The van der Waals surface area contributed by atoms with E-state index in [0.29, 0.717) is 13.0 Å². The highest BCUT2D eigenvalue weighted by molar-refractivity contribution is 5.81. The maximum Gasteiger partial charge on any atom is 0.263 e. The van der Waals surface area contributed by atoms with E-state index in [1.54, 1.807) is 4.90 Å². The lowest BCUT2D eigenvalue weighted by atomic mass is 10.1. The van der Waals surface area contributed by atoms with E-state index in [2.05, 4.69) is 6.07 Å². The van der Waals surface area contributed by atoms with Crippen molar-refractivity contribution in [3.05, 3.63) is 65.2 Å². The van der Waals surface area contributed by atoms with Crippen LogP contribution in [-0.2, 0) is 11.3 Å². The molecule has 0 bridgehead atoms. The Morgan fingerprint density at radius 3 is 2.43 bits per heavy atom. The Labute approximate surface area is 138 Å². The molecule has 0 spiro atoms. The number of amides is 1. The second-order valence-corrected chi connectivity index (χ2v) is 5.96. The van der Waals surface area contributed by atoms with Gasteiger partial charge in [0, 0.05) is 13.6 Å². The highest BCUT2D eigenvalue weighted by Crippen LogP contribution is 2.21. The first-order valence-corrected chi connectivity index (χ1v) is 8.04. The molecular weight excluding hydrogens is 286 g/mol. The summed E-state index contributed by atoms with van der Waals surface area (Å²) in [5, 5.41) is 0. The summed E-state index contributed by atoms with van der Waals surface area (Å²) in [6.07, 6.45) is 0.191. The van der Waals surface area contributed by atoms with E-state index in [1.807, 2.05) is 70.3 Å². The van der Waals surface area contributed by atoms with E-state index >= 15 is 0 Å². The molecule has 0 aliphatic rings. The topological polar surface area (TPSA) is 29.5 Å². The van der Waals surface area contributed by atoms with Gasteiger partial charge in [0.2, 0.25) is 0 Å². The Morgan fingerprint density at radius 2 is 1.83 bits per heavy atom. The van der Waals surface area contributed by atoms with E-state index in [-0.39, 0.29) is 5.91 Å². The molecule has 0 saturated carbocycles.